The number of hydrogen-bond donors (Lipinski definition) is 1. The minimum absolute atomic E-state index is 0.0390. The first-order valence-electron chi connectivity index (χ1n) is 10.9. The Morgan fingerprint density at radius 1 is 1.09 bits per heavy atom. The van der Waals surface area contributed by atoms with Crippen LogP contribution in [0.2, 0.25) is 0 Å². The summed E-state index contributed by atoms with van der Waals surface area (Å²) in [5, 5.41) is 3.19. The number of hydrogen-bond acceptors (Lipinski definition) is 8. The molecule has 2 heterocycles. The maximum Gasteiger partial charge on any atom is 0.244 e. The lowest BCUT2D eigenvalue weighted by molar-refractivity contribution is -0.120. The third-order valence-electron chi connectivity index (χ3n) is 6.16. The summed E-state index contributed by atoms with van der Waals surface area (Å²) in [5.74, 6) is -0.631. The molecule has 1 amide bonds. The second kappa shape index (κ2) is 8.81. The molecule has 0 spiro atoms. The highest BCUT2D eigenvalue weighted by Crippen LogP contribution is 2.38. The van der Waals surface area contributed by atoms with E-state index in [1.165, 1.54) is 39.9 Å². The zero-order valence-electron chi connectivity index (χ0n) is 19.2. The third kappa shape index (κ3) is 4.95. The Bertz CT molecular complexity index is 1350. The summed E-state index contributed by atoms with van der Waals surface area (Å²) < 4.78 is 51.6. The summed E-state index contributed by atoms with van der Waals surface area (Å²) in [7, 11) is -7.76. The quantitative estimate of drug-likeness (QED) is 0.635. The second-order valence-electron chi connectivity index (χ2n) is 9.62. The summed E-state index contributed by atoms with van der Waals surface area (Å²) in [6, 6.07) is 5.54. The van der Waals surface area contributed by atoms with Gasteiger partial charge in [-0.25, -0.2) is 21.8 Å². The number of nitrogens with one attached hydrogen (secondary N) is 1. The van der Waals surface area contributed by atoms with Gasteiger partial charge < -0.3 is 5.32 Å². The Labute approximate surface area is 203 Å². The molecule has 1 aromatic carbocycles. The zero-order chi connectivity index (χ0) is 24.9. The van der Waals surface area contributed by atoms with Crippen LogP contribution in [0.1, 0.15) is 48.5 Å². The normalized spacial score (nSPS) is 19.6. The molecule has 0 atom stereocenters. The average Bonchev–Trinajstić information content (AvgIpc) is 3.14. The molecule has 0 saturated carbocycles. The van der Waals surface area contributed by atoms with Crippen molar-refractivity contribution in [3.63, 3.8) is 0 Å². The highest BCUT2D eigenvalue weighted by molar-refractivity contribution is 7.93. The highest BCUT2D eigenvalue weighted by Gasteiger charge is 2.36. The number of rotatable bonds is 5. The van der Waals surface area contributed by atoms with Gasteiger partial charge in [-0.2, -0.15) is 4.31 Å². The largest absolute Gasteiger partial charge is 0.302 e. The minimum atomic E-state index is -4.03. The lowest BCUT2D eigenvalue weighted by Crippen LogP contribution is -2.41. The average molecular weight is 526 g/mol. The first-order chi connectivity index (χ1) is 15.8. The number of anilines is 1. The fraction of sp³-hybridized carbons (Fsp3) is 0.500. The SMILES string of the molecule is CC1(C)CC(=O)c2sc(NC(=O)C3CCN(S(=O)(=O)c4ccccc4S(C)(=O)=O)CC3)nc2C1. The lowest BCUT2D eigenvalue weighted by atomic mass is 9.78. The van der Waals surface area contributed by atoms with Crippen molar-refractivity contribution in [2.45, 2.75) is 49.3 Å². The molecule has 9 nitrogen and oxygen atoms in total. The number of nitrogens with zero attached hydrogens (tertiary/aromatic N) is 2. The molecule has 1 aliphatic heterocycles. The Kier molecular flexibility index (Phi) is 6.47. The van der Waals surface area contributed by atoms with Crippen LogP contribution in [-0.2, 0) is 31.1 Å². The Hall–Kier alpha value is -2.15. The summed E-state index contributed by atoms with van der Waals surface area (Å²) in [4.78, 5) is 29.8. The van der Waals surface area contributed by atoms with Gasteiger partial charge >= 0.3 is 0 Å². The molecule has 1 aliphatic carbocycles. The number of sulfone groups is 1. The monoisotopic (exact) mass is 525 g/mol. The summed E-state index contributed by atoms with van der Waals surface area (Å²) in [6.07, 6.45) is 2.69. The summed E-state index contributed by atoms with van der Waals surface area (Å²) in [5.41, 5.74) is 0.556. The van der Waals surface area contributed by atoms with Gasteiger partial charge in [-0.05, 0) is 36.8 Å². The van der Waals surface area contributed by atoms with Gasteiger partial charge in [0.05, 0.1) is 15.5 Å². The molecule has 184 valence electrons. The number of benzene rings is 1. The molecule has 0 radical (unpaired) electrons. The van der Waals surface area contributed by atoms with E-state index in [9.17, 15) is 26.4 Å². The van der Waals surface area contributed by atoms with E-state index >= 15 is 0 Å². The van der Waals surface area contributed by atoms with Crippen LogP contribution in [0.3, 0.4) is 0 Å². The van der Waals surface area contributed by atoms with Gasteiger partial charge in [0.2, 0.25) is 15.9 Å². The van der Waals surface area contributed by atoms with Crippen LogP contribution in [0.5, 0.6) is 0 Å². The van der Waals surface area contributed by atoms with Gasteiger partial charge in [0.1, 0.15) is 4.90 Å². The van der Waals surface area contributed by atoms with Crippen molar-refractivity contribution in [2.24, 2.45) is 11.3 Å². The zero-order valence-corrected chi connectivity index (χ0v) is 21.6. The summed E-state index contributed by atoms with van der Waals surface area (Å²) >= 11 is 1.19. The predicted molar refractivity (Wildman–Crippen MR) is 128 cm³/mol. The number of carbonyl (C=O) groups is 2. The van der Waals surface area contributed by atoms with Crippen molar-refractivity contribution in [2.75, 3.05) is 24.7 Å². The molecular weight excluding hydrogens is 498 g/mol. The van der Waals surface area contributed by atoms with Gasteiger partial charge in [-0.15, -0.1) is 0 Å². The second-order valence-corrected chi connectivity index (χ2v) is 14.5. The van der Waals surface area contributed by atoms with Gasteiger partial charge in [0.25, 0.3) is 0 Å². The topological polar surface area (TPSA) is 131 Å². The molecule has 0 unspecified atom stereocenters. The molecule has 34 heavy (non-hydrogen) atoms. The minimum Gasteiger partial charge on any atom is -0.302 e. The molecule has 12 heteroatoms. The fourth-order valence-corrected chi connectivity index (χ4v) is 8.44. The van der Waals surface area contributed by atoms with Crippen LogP contribution in [0, 0.1) is 11.3 Å². The maximum absolute atomic E-state index is 13.1. The van der Waals surface area contributed by atoms with Crippen molar-refractivity contribution in [1.29, 1.82) is 0 Å². The van der Waals surface area contributed by atoms with Gasteiger partial charge in [0, 0.05) is 31.7 Å². The first-order valence-corrected chi connectivity index (χ1v) is 15.1. The standard InChI is InChI=1S/C22H27N3O6S3/c1-22(2)12-15-19(16(26)13-22)32-21(23-15)24-20(27)14-8-10-25(11-9-14)34(30,31)18-7-5-4-6-17(18)33(3,28)29/h4-7,14H,8-13H2,1-3H3,(H,23,24,27). The van der Waals surface area contributed by atoms with Crippen LogP contribution in [0.4, 0.5) is 5.13 Å². The number of sulfonamides is 1. The molecule has 0 bridgehead atoms. The molecule has 4 rings (SSSR count). The smallest absolute Gasteiger partial charge is 0.244 e. The molecule has 1 saturated heterocycles. The van der Waals surface area contributed by atoms with Gasteiger partial charge in [0.15, 0.2) is 20.8 Å². The molecule has 1 aromatic heterocycles. The maximum atomic E-state index is 13.1. The predicted octanol–water partition coefficient (Wildman–Crippen LogP) is 2.74. The Morgan fingerprint density at radius 3 is 2.32 bits per heavy atom. The van der Waals surface area contributed by atoms with E-state index in [4.69, 9.17) is 0 Å². The molecule has 1 N–H and O–H groups in total. The van der Waals surface area contributed by atoms with Crippen molar-refractivity contribution >= 4 is 48.0 Å². The Balaban J connectivity index is 1.43. The van der Waals surface area contributed by atoms with E-state index in [2.05, 4.69) is 10.3 Å². The van der Waals surface area contributed by atoms with E-state index in [0.717, 1.165) is 6.26 Å². The number of thiazole rings is 1. The molecule has 1 fully saturated rings. The van der Waals surface area contributed by atoms with Crippen LogP contribution < -0.4 is 5.32 Å². The van der Waals surface area contributed by atoms with Crippen molar-refractivity contribution in [1.82, 2.24) is 9.29 Å². The van der Waals surface area contributed by atoms with E-state index in [1.54, 1.807) is 0 Å². The van der Waals surface area contributed by atoms with E-state index in [1.807, 2.05) is 13.8 Å². The molecular formula is C22H27N3O6S3. The number of ketones is 1. The molecule has 2 aromatic rings. The van der Waals surface area contributed by atoms with Crippen LogP contribution in [-0.4, -0.2) is 57.2 Å². The van der Waals surface area contributed by atoms with Crippen molar-refractivity contribution in [3.05, 3.63) is 34.8 Å². The first kappa shape index (κ1) is 25.0. The van der Waals surface area contributed by atoms with Crippen LogP contribution in [0.15, 0.2) is 34.1 Å². The van der Waals surface area contributed by atoms with Crippen LogP contribution >= 0.6 is 11.3 Å². The van der Waals surface area contributed by atoms with Gasteiger partial charge in [-0.1, -0.05) is 37.3 Å². The third-order valence-corrected chi connectivity index (χ3v) is 10.5. The fourth-order valence-electron chi connectivity index (χ4n) is 4.45. The molecule has 2 aliphatic rings. The number of aromatic nitrogens is 1. The number of fused-ring (bicyclic) bond motifs is 1. The number of piperidine rings is 1. The number of amides is 1. The van der Waals surface area contributed by atoms with E-state index < -0.39 is 25.8 Å². The number of carbonyl (C=O) groups excluding carboxylic acids is 2. The highest BCUT2D eigenvalue weighted by atomic mass is 32.2. The van der Waals surface area contributed by atoms with Crippen LogP contribution in [0.25, 0.3) is 0 Å². The van der Waals surface area contributed by atoms with Crippen molar-refractivity contribution < 1.29 is 26.4 Å². The van der Waals surface area contributed by atoms with E-state index in [0.29, 0.717) is 41.4 Å². The van der Waals surface area contributed by atoms with E-state index in [-0.39, 0.29) is 40.0 Å². The lowest BCUT2D eigenvalue weighted by Gasteiger charge is -2.30. The van der Waals surface area contributed by atoms with Gasteiger partial charge in [-0.3, -0.25) is 9.59 Å². The summed E-state index contributed by atoms with van der Waals surface area (Å²) in [6.45, 7) is 4.22. The number of Topliss-reactive ketones (excluding diaryl/α,β-unsaturated/α-hetero) is 1. The Morgan fingerprint density at radius 2 is 1.71 bits per heavy atom. The van der Waals surface area contributed by atoms with Crippen molar-refractivity contribution in [3.8, 4) is 0 Å².